The van der Waals surface area contributed by atoms with E-state index in [1.54, 1.807) is 19.1 Å². The third kappa shape index (κ3) is 4.19. The lowest BCUT2D eigenvalue weighted by atomic mass is 10.2. The summed E-state index contributed by atoms with van der Waals surface area (Å²) in [6.45, 7) is 3.38. The number of methoxy groups -OCH3 is 1. The molecule has 1 unspecified atom stereocenters. The number of aliphatic hydroxyl groups excluding tert-OH is 1. The fraction of sp³-hybridized carbons (Fsp3) is 0.500. The zero-order valence-electron chi connectivity index (χ0n) is 10.8. The van der Waals surface area contributed by atoms with Crippen molar-refractivity contribution >= 4 is 15.7 Å². The molecule has 0 aromatic heterocycles. The molecule has 0 spiro atoms. The number of hydrogen-bond donors (Lipinski definition) is 2. The number of ether oxygens (including phenoxy) is 1. The Kier molecular flexibility index (Phi) is 4.98. The predicted molar refractivity (Wildman–Crippen MR) is 71.4 cm³/mol. The number of sulfonamides is 1. The molecule has 0 saturated carbocycles. The van der Waals surface area contributed by atoms with Crippen LogP contribution in [0, 0.1) is 12.8 Å². The molecule has 0 amide bonds. The maximum Gasteiger partial charge on any atom is 0.233 e. The van der Waals surface area contributed by atoms with Crippen LogP contribution in [0.4, 0.5) is 5.69 Å². The minimum Gasteiger partial charge on any atom is -0.495 e. The van der Waals surface area contributed by atoms with E-state index in [1.807, 2.05) is 13.0 Å². The molecule has 1 atom stereocenters. The van der Waals surface area contributed by atoms with E-state index >= 15 is 0 Å². The zero-order chi connectivity index (χ0) is 13.8. The first kappa shape index (κ1) is 14.8. The van der Waals surface area contributed by atoms with Gasteiger partial charge in [-0.05, 0) is 30.5 Å². The molecule has 2 N–H and O–H groups in total. The van der Waals surface area contributed by atoms with Crippen molar-refractivity contribution in [1.82, 2.24) is 0 Å². The SMILES string of the molecule is COc1ccc(C)cc1NS(=O)(=O)CC(C)CO. The van der Waals surface area contributed by atoms with Crippen LogP contribution in [-0.4, -0.2) is 33.0 Å². The number of anilines is 1. The van der Waals surface area contributed by atoms with Crippen molar-refractivity contribution < 1.29 is 18.3 Å². The second kappa shape index (κ2) is 6.06. The van der Waals surface area contributed by atoms with Gasteiger partial charge < -0.3 is 9.84 Å². The normalized spacial score (nSPS) is 13.1. The minimum absolute atomic E-state index is 0.124. The summed E-state index contributed by atoms with van der Waals surface area (Å²) >= 11 is 0. The van der Waals surface area contributed by atoms with E-state index in [9.17, 15) is 8.42 Å². The van der Waals surface area contributed by atoms with E-state index in [1.165, 1.54) is 7.11 Å². The molecular weight excluding hydrogens is 254 g/mol. The van der Waals surface area contributed by atoms with E-state index in [0.29, 0.717) is 11.4 Å². The number of nitrogens with one attached hydrogen (secondary N) is 1. The molecule has 102 valence electrons. The van der Waals surface area contributed by atoms with Gasteiger partial charge in [0.05, 0.1) is 18.6 Å². The predicted octanol–water partition coefficient (Wildman–Crippen LogP) is 1.37. The smallest absolute Gasteiger partial charge is 0.233 e. The summed E-state index contributed by atoms with van der Waals surface area (Å²) in [5, 5.41) is 8.89. The molecule has 1 aromatic rings. The first-order chi connectivity index (χ1) is 8.38. The number of hydrogen-bond acceptors (Lipinski definition) is 4. The Balaban J connectivity index is 2.93. The maximum absolute atomic E-state index is 11.9. The quantitative estimate of drug-likeness (QED) is 0.821. The second-order valence-electron chi connectivity index (χ2n) is 4.37. The highest BCUT2D eigenvalue weighted by Crippen LogP contribution is 2.26. The standard InChI is InChI=1S/C12H19NO4S/c1-9-4-5-12(17-3)11(6-9)13-18(15,16)8-10(2)7-14/h4-6,10,13-14H,7-8H2,1-3H3. The van der Waals surface area contributed by atoms with Gasteiger partial charge in [-0.3, -0.25) is 4.72 Å². The summed E-state index contributed by atoms with van der Waals surface area (Å²) in [7, 11) is -2.00. The number of aliphatic hydroxyl groups is 1. The van der Waals surface area contributed by atoms with E-state index in [-0.39, 0.29) is 18.3 Å². The molecule has 1 aromatic carbocycles. The minimum atomic E-state index is -3.49. The van der Waals surface area contributed by atoms with Crippen molar-refractivity contribution in [2.45, 2.75) is 13.8 Å². The molecule has 0 aliphatic carbocycles. The third-order valence-electron chi connectivity index (χ3n) is 2.44. The van der Waals surface area contributed by atoms with E-state index in [0.717, 1.165) is 5.56 Å². The molecule has 0 saturated heterocycles. The molecule has 0 heterocycles. The molecule has 0 aliphatic heterocycles. The number of rotatable bonds is 6. The largest absolute Gasteiger partial charge is 0.495 e. The highest BCUT2D eigenvalue weighted by molar-refractivity contribution is 7.92. The summed E-state index contributed by atoms with van der Waals surface area (Å²) in [5.74, 6) is 0.0415. The van der Waals surface area contributed by atoms with Crippen LogP contribution in [0.5, 0.6) is 5.75 Å². The van der Waals surface area contributed by atoms with Crippen molar-refractivity contribution in [3.63, 3.8) is 0 Å². The van der Waals surface area contributed by atoms with Crippen LogP contribution in [0.1, 0.15) is 12.5 Å². The van der Waals surface area contributed by atoms with Gasteiger partial charge in [-0.2, -0.15) is 0 Å². The van der Waals surface area contributed by atoms with Crippen molar-refractivity contribution in [2.75, 3.05) is 24.2 Å². The first-order valence-electron chi connectivity index (χ1n) is 5.64. The van der Waals surface area contributed by atoms with Crippen LogP contribution >= 0.6 is 0 Å². The van der Waals surface area contributed by atoms with Gasteiger partial charge in [0.15, 0.2) is 0 Å². The summed E-state index contributed by atoms with van der Waals surface area (Å²) < 4.78 is 31.3. The van der Waals surface area contributed by atoms with Gasteiger partial charge in [0.1, 0.15) is 5.75 Å². The maximum atomic E-state index is 11.9. The lowest BCUT2D eigenvalue weighted by Gasteiger charge is -2.14. The van der Waals surface area contributed by atoms with Crippen molar-refractivity contribution in [2.24, 2.45) is 5.92 Å². The molecule has 0 fully saturated rings. The Morgan fingerprint density at radius 1 is 1.44 bits per heavy atom. The Morgan fingerprint density at radius 2 is 2.11 bits per heavy atom. The highest BCUT2D eigenvalue weighted by Gasteiger charge is 2.17. The molecule has 0 radical (unpaired) electrons. The van der Waals surface area contributed by atoms with Gasteiger partial charge in [0.25, 0.3) is 0 Å². The van der Waals surface area contributed by atoms with Gasteiger partial charge >= 0.3 is 0 Å². The van der Waals surface area contributed by atoms with Crippen LogP contribution in [0.15, 0.2) is 18.2 Å². The zero-order valence-corrected chi connectivity index (χ0v) is 11.6. The Bertz CT molecular complexity index is 499. The molecule has 0 aliphatic rings. The van der Waals surface area contributed by atoms with E-state index in [2.05, 4.69) is 4.72 Å². The molecule has 6 heteroatoms. The van der Waals surface area contributed by atoms with Gasteiger partial charge in [0.2, 0.25) is 10.0 Å². The number of benzene rings is 1. The summed E-state index contributed by atoms with van der Waals surface area (Å²) in [6, 6.07) is 5.26. The summed E-state index contributed by atoms with van der Waals surface area (Å²) in [4.78, 5) is 0. The summed E-state index contributed by atoms with van der Waals surface area (Å²) in [6.07, 6.45) is 0. The molecule has 0 bridgehead atoms. The van der Waals surface area contributed by atoms with Gasteiger partial charge in [-0.1, -0.05) is 13.0 Å². The van der Waals surface area contributed by atoms with Crippen molar-refractivity contribution in [1.29, 1.82) is 0 Å². The van der Waals surface area contributed by atoms with Crippen molar-refractivity contribution in [3.05, 3.63) is 23.8 Å². The van der Waals surface area contributed by atoms with Gasteiger partial charge in [0, 0.05) is 6.61 Å². The Hall–Kier alpha value is -1.27. The van der Waals surface area contributed by atoms with Crippen LogP contribution in [0.25, 0.3) is 0 Å². The van der Waals surface area contributed by atoms with Crippen LogP contribution < -0.4 is 9.46 Å². The van der Waals surface area contributed by atoms with Gasteiger partial charge in [-0.25, -0.2) is 8.42 Å². The Labute approximate surface area is 108 Å². The first-order valence-corrected chi connectivity index (χ1v) is 7.29. The fourth-order valence-corrected chi connectivity index (χ4v) is 2.97. The lowest BCUT2D eigenvalue weighted by molar-refractivity contribution is 0.249. The molecule has 5 nitrogen and oxygen atoms in total. The fourth-order valence-electron chi connectivity index (χ4n) is 1.54. The van der Waals surface area contributed by atoms with Crippen LogP contribution in [0.2, 0.25) is 0 Å². The Morgan fingerprint density at radius 3 is 2.67 bits per heavy atom. The monoisotopic (exact) mass is 273 g/mol. The highest BCUT2D eigenvalue weighted by atomic mass is 32.2. The molecule has 18 heavy (non-hydrogen) atoms. The van der Waals surface area contributed by atoms with Crippen LogP contribution in [0.3, 0.4) is 0 Å². The van der Waals surface area contributed by atoms with E-state index in [4.69, 9.17) is 9.84 Å². The van der Waals surface area contributed by atoms with Crippen LogP contribution in [-0.2, 0) is 10.0 Å². The molecule has 1 rings (SSSR count). The average molecular weight is 273 g/mol. The average Bonchev–Trinajstić information content (AvgIpc) is 2.28. The van der Waals surface area contributed by atoms with Crippen molar-refractivity contribution in [3.8, 4) is 5.75 Å². The third-order valence-corrected chi connectivity index (χ3v) is 3.97. The number of aryl methyl sites for hydroxylation is 1. The topological polar surface area (TPSA) is 75.6 Å². The van der Waals surface area contributed by atoms with E-state index < -0.39 is 10.0 Å². The molecular formula is C12H19NO4S. The second-order valence-corrected chi connectivity index (χ2v) is 6.14. The van der Waals surface area contributed by atoms with Gasteiger partial charge in [-0.15, -0.1) is 0 Å². The lowest BCUT2D eigenvalue weighted by Crippen LogP contribution is -2.23. The summed E-state index contributed by atoms with van der Waals surface area (Å²) in [5.41, 5.74) is 1.35.